The molecule has 0 spiro atoms. The molecule has 17 heavy (non-hydrogen) atoms. The molecule has 1 aromatic rings. The smallest absolute Gasteiger partial charge is 0.218 e. The molecule has 0 unspecified atom stereocenters. The van der Waals surface area contributed by atoms with Crippen LogP contribution in [0.15, 0.2) is 6.07 Å². The van der Waals surface area contributed by atoms with Crippen molar-refractivity contribution in [3.8, 4) is 5.88 Å². The van der Waals surface area contributed by atoms with Crippen molar-refractivity contribution in [3.63, 3.8) is 0 Å². The quantitative estimate of drug-likeness (QED) is 0.458. The van der Waals surface area contributed by atoms with Crippen LogP contribution in [0.2, 0.25) is 0 Å². The van der Waals surface area contributed by atoms with Crippen molar-refractivity contribution < 1.29 is 9.47 Å². The first-order chi connectivity index (χ1) is 7.90. The van der Waals surface area contributed by atoms with E-state index in [2.05, 4.69) is 15.4 Å². The van der Waals surface area contributed by atoms with Crippen molar-refractivity contribution in [1.82, 2.24) is 9.97 Å². The highest BCUT2D eigenvalue weighted by Crippen LogP contribution is 2.12. The molecule has 0 radical (unpaired) electrons. The number of aromatic nitrogens is 2. The van der Waals surface area contributed by atoms with Crippen molar-refractivity contribution in [2.45, 2.75) is 33.3 Å². The molecular weight excluding hydrogens is 220 g/mol. The number of ether oxygens (including phenoxy) is 2. The van der Waals surface area contributed by atoms with Crippen LogP contribution in [0, 0.1) is 6.92 Å². The Morgan fingerprint density at radius 2 is 2.00 bits per heavy atom. The van der Waals surface area contributed by atoms with Gasteiger partial charge in [-0.3, -0.25) is 0 Å². The molecule has 0 bridgehead atoms. The molecule has 6 nitrogen and oxygen atoms in total. The van der Waals surface area contributed by atoms with Crippen molar-refractivity contribution in [3.05, 3.63) is 11.9 Å². The number of nitrogen functional groups attached to an aromatic ring is 1. The largest absolute Gasteiger partial charge is 0.475 e. The Kier molecular flexibility index (Phi) is 4.65. The van der Waals surface area contributed by atoms with E-state index in [1.54, 1.807) is 13.0 Å². The van der Waals surface area contributed by atoms with E-state index in [9.17, 15) is 0 Å². The fraction of sp³-hybridized carbons (Fsp3) is 0.636. The maximum atomic E-state index is 5.53. The molecule has 0 fully saturated rings. The van der Waals surface area contributed by atoms with Gasteiger partial charge in [-0.2, -0.15) is 4.98 Å². The second-order valence-electron chi connectivity index (χ2n) is 4.59. The molecule has 0 aliphatic heterocycles. The Hall–Kier alpha value is -1.40. The monoisotopic (exact) mass is 240 g/mol. The lowest BCUT2D eigenvalue weighted by Crippen LogP contribution is -2.22. The molecule has 0 saturated carbocycles. The molecule has 0 saturated heterocycles. The number of anilines is 1. The minimum Gasteiger partial charge on any atom is -0.475 e. The average molecular weight is 240 g/mol. The molecule has 0 aromatic carbocycles. The van der Waals surface area contributed by atoms with Gasteiger partial charge < -0.3 is 14.9 Å². The molecule has 0 aliphatic carbocycles. The summed E-state index contributed by atoms with van der Waals surface area (Å²) in [6, 6.07) is 1.64. The highest BCUT2D eigenvalue weighted by atomic mass is 16.5. The molecule has 96 valence electrons. The van der Waals surface area contributed by atoms with Crippen molar-refractivity contribution in [1.29, 1.82) is 0 Å². The zero-order valence-corrected chi connectivity index (χ0v) is 10.8. The van der Waals surface area contributed by atoms with Gasteiger partial charge in [0.2, 0.25) is 5.88 Å². The summed E-state index contributed by atoms with van der Waals surface area (Å²) in [6.45, 7) is 8.73. The normalized spacial score (nSPS) is 11.4. The van der Waals surface area contributed by atoms with E-state index in [4.69, 9.17) is 15.3 Å². The van der Waals surface area contributed by atoms with Gasteiger partial charge in [0, 0.05) is 6.07 Å². The van der Waals surface area contributed by atoms with Gasteiger partial charge >= 0.3 is 0 Å². The van der Waals surface area contributed by atoms with Crippen molar-refractivity contribution >= 4 is 5.82 Å². The minimum absolute atomic E-state index is 0.158. The second kappa shape index (κ2) is 5.79. The van der Waals surface area contributed by atoms with E-state index in [1.165, 1.54) is 0 Å². The van der Waals surface area contributed by atoms with Gasteiger partial charge in [0.15, 0.2) is 0 Å². The maximum Gasteiger partial charge on any atom is 0.218 e. The highest BCUT2D eigenvalue weighted by Gasteiger charge is 2.09. The van der Waals surface area contributed by atoms with Gasteiger partial charge in [-0.15, -0.1) is 0 Å². The standard InChI is InChI=1S/C11H20N4O2/c1-8-13-9(15-12)7-10(14-8)16-5-6-17-11(2,3)4/h7H,5-6,12H2,1-4H3,(H,13,14,15). The van der Waals surface area contributed by atoms with Gasteiger partial charge in [0.05, 0.1) is 12.2 Å². The number of nitrogens with two attached hydrogens (primary N) is 1. The van der Waals surface area contributed by atoms with Crippen LogP contribution in [-0.2, 0) is 4.74 Å². The summed E-state index contributed by atoms with van der Waals surface area (Å²) in [7, 11) is 0. The summed E-state index contributed by atoms with van der Waals surface area (Å²) in [5, 5.41) is 0. The third-order valence-electron chi connectivity index (χ3n) is 1.83. The zero-order chi connectivity index (χ0) is 12.9. The first-order valence-electron chi connectivity index (χ1n) is 5.50. The number of nitrogens with one attached hydrogen (secondary N) is 1. The summed E-state index contributed by atoms with van der Waals surface area (Å²) in [5.41, 5.74) is 2.30. The maximum absolute atomic E-state index is 5.53. The van der Waals surface area contributed by atoms with Crippen LogP contribution in [0.25, 0.3) is 0 Å². The average Bonchev–Trinajstić information content (AvgIpc) is 2.22. The summed E-state index contributed by atoms with van der Waals surface area (Å²) in [6.07, 6.45) is 0. The third kappa shape index (κ3) is 5.46. The van der Waals surface area contributed by atoms with Gasteiger partial charge in [-0.25, -0.2) is 10.8 Å². The lowest BCUT2D eigenvalue weighted by atomic mass is 10.2. The van der Waals surface area contributed by atoms with E-state index in [0.29, 0.717) is 30.7 Å². The number of hydrazine groups is 1. The Morgan fingerprint density at radius 3 is 2.59 bits per heavy atom. The van der Waals surface area contributed by atoms with Crippen molar-refractivity contribution in [2.75, 3.05) is 18.6 Å². The fourth-order valence-corrected chi connectivity index (χ4v) is 1.18. The Balaban J connectivity index is 2.44. The molecule has 6 heteroatoms. The molecule has 1 heterocycles. The lowest BCUT2D eigenvalue weighted by Gasteiger charge is -2.19. The molecule has 0 atom stereocenters. The summed E-state index contributed by atoms with van der Waals surface area (Å²) in [4.78, 5) is 8.19. The minimum atomic E-state index is -0.158. The van der Waals surface area contributed by atoms with E-state index in [0.717, 1.165) is 0 Å². The van der Waals surface area contributed by atoms with Crippen LogP contribution in [0.4, 0.5) is 5.82 Å². The van der Waals surface area contributed by atoms with E-state index in [1.807, 2.05) is 20.8 Å². The molecule has 1 aromatic heterocycles. The van der Waals surface area contributed by atoms with Crippen LogP contribution >= 0.6 is 0 Å². The predicted molar refractivity (Wildman–Crippen MR) is 65.8 cm³/mol. The number of hydrogen-bond donors (Lipinski definition) is 2. The Morgan fingerprint density at radius 1 is 1.29 bits per heavy atom. The van der Waals surface area contributed by atoms with Crippen LogP contribution in [0.1, 0.15) is 26.6 Å². The summed E-state index contributed by atoms with van der Waals surface area (Å²) in [5.74, 6) is 6.90. The zero-order valence-electron chi connectivity index (χ0n) is 10.8. The molecule has 1 rings (SSSR count). The SMILES string of the molecule is Cc1nc(NN)cc(OCCOC(C)(C)C)n1. The van der Waals surface area contributed by atoms with Crippen LogP contribution < -0.4 is 16.0 Å². The Bertz CT molecular complexity index is 363. The number of nitrogens with zero attached hydrogens (tertiary/aromatic N) is 2. The van der Waals surface area contributed by atoms with Crippen LogP contribution in [-0.4, -0.2) is 28.8 Å². The van der Waals surface area contributed by atoms with E-state index in [-0.39, 0.29) is 5.60 Å². The fourth-order valence-electron chi connectivity index (χ4n) is 1.18. The number of hydrogen-bond acceptors (Lipinski definition) is 6. The molecule has 0 aliphatic rings. The first-order valence-corrected chi connectivity index (χ1v) is 5.50. The van der Waals surface area contributed by atoms with E-state index < -0.39 is 0 Å². The van der Waals surface area contributed by atoms with Crippen LogP contribution in [0.3, 0.4) is 0 Å². The second-order valence-corrected chi connectivity index (χ2v) is 4.59. The molecule has 3 N–H and O–H groups in total. The van der Waals surface area contributed by atoms with Gasteiger partial charge in [0.25, 0.3) is 0 Å². The molecular formula is C11H20N4O2. The third-order valence-corrected chi connectivity index (χ3v) is 1.83. The number of rotatable bonds is 5. The predicted octanol–water partition coefficient (Wildman–Crippen LogP) is 1.26. The molecule has 0 amide bonds. The van der Waals surface area contributed by atoms with E-state index >= 15 is 0 Å². The lowest BCUT2D eigenvalue weighted by molar-refractivity contribution is -0.0168. The van der Waals surface area contributed by atoms with Crippen LogP contribution in [0.5, 0.6) is 5.88 Å². The van der Waals surface area contributed by atoms with Gasteiger partial charge in [-0.1, -0.05) is 0 Å². The van der Waals surface area contributed by atoms with Gasteiger partial charge in [0.1, 0.15) is 18.2 Å². The Labute approximate surface area is 102 Å². The highest BCUT2D eigenvalue weighted by molar-refractivity contribution is 5.36. The van der Waals surface area contributed by atoms with Gasteiger partial charge in [-0.05, 0) is 27.7 Å². The summed E-state index contributed by atoms with van der Waals surface area (Å²) >= 11 is 0. The van der Waals surface area contributed by atoms with Crippen molar-refractivity contribution in [2.24, 2.45) is 5.84 Å². The summed E-state index contributed by atoms with van der Waals surface area (Å²) < 4.78 is 11.0. The topological polar surface area (TPSA) is 82.3 Å². The number of aryl methyl sites for hydroxylation is 1. The first kappa shape index (κ1) is 13.7.